The normalized spacial score (nSPS) is 11.9. The van der Waals surface area contributed by atoms with Gasteiger partial charge < -0.3 is 9.47 Å². The van der Waals surface area contributed by atoms with Crippen LogP contribution in [0.5, 0.6) is 0 Å². The lowest BCUT2D eigenvalue weighted by Crippen LogP contribution is -2.25. The molecule has 0 bridgehead atoms. The largest absolute Gasteiger partial charge is 0.462 e. The summed E-state index contributed by atoms with van der Waals surface area (Å²) in [5, 5.41) is 0. The number of thiol groups is 1. The van der Waals surface area contributed by atoms with Gasteiger partial charge in [0.1, 0.15) is 12.7 Å². The summed E-state index contributed by atoms with van der Waals surface area (Å²) in [6.45, 7) is 2.66. The first kappa shape index (κ1) is 11.3. The number of rotatable bonds is 4. The number of carbonyl (C=O) groups is 2. The third-order valence-corrected chi connectivity index (χ3v) is 1.42. The topological polar surface area (TPSA) is 52.6 Å². The predicted molar refractivity (Wildman–Crippen MR) is 46.0 cm³/mol. The second kappa shape index (κ2) is 5.88. The quantitative estimate of drug-likeness (QED) is 0.518. The van der Waals surface area contributed by atoms with E-state index in [2.05, 4.69) is 17.4 Å². The molecule has 4 nitrogen and oxygen atoms in total. The molecule has 70 valence electrons. The second-order valence-corrected chi connectivity index (χ2v) is 2.58. The van der Waals surface area contributed by atoms with Crippen LogP contribution < -0.4 is 0 Å². The van der Waals surface area contributed by atoms with E-state index in [9.17, 15) is 9.59 Å². The van der Waals surface area contributed by atoms with Crippen molar-refractivity contribution in [2.45, 2.75) is 20.0 Å². The molecular weight excluding hydrogens is 180 g/mol. The van der Waals surface area contributed by atoms with E-state index in [-0.39, 0.29) is 6.61 Å². The van der Waals surface area contributed by atoms with Gasteiger partial charge >= 0.3 is 11.9 Å². The molecule has 1 atom stereocenters. The van der Waals surface area contributed by atoms with Crippen LogP contribution in [0.15, 0.2) is 0 Å². The zero-order valence-electron chi connectivity index (χ0n) is 7.07. The first-order valence-electron chi connectivity index (χ1n) is 3.47. The van der Waals surface area contributed by atoms with Crippen molar-refractivity contribution in [3.8, 4) is 0 Å². The van der Waals surface area contributed by atoms with Gasteiger partial charge in [0.05, 0.1) is 0 Å². The van der Waals surface area contributed by atoms with Gasteiger partial charge in [-0.2, -0.15) is 12.6 Å². The Morgan fingerprint density at radius 3 is 2.25 bits per heavy atom. The fourth-order valence-electron chi connectivity index (χ4n) is 0.569. The summed E-state index contributed by atoms with van der Waals surface area (Å²) < 4.78 is 9.39. The molecule has 0 saturated carbocycles. The van der Waals surface area contributed by atoms with Crippen LogP contribution in [0.2, 0.25) is 0 Å². The zero-order valence-corrected chi connectivity index (χ0v) is 7.97. The molecule has 0 radical (unpaired) electrons. The number of hydrogen-bond donors (Lipinski definition) is 1. The van der Waals surface area contributed by atoms with Gasteiger partial charge in [-0.1, -0.05) is 0 Å². The molecule has 0 amide bonds. The molecule has 0 fully saturated rings. The third-order valence-electron chi connectivity index (χ3n) is 1.01. The van der Waals surface area contributed by atoms with Crippen LogP contribution in [-0.4, -0.2) is 30.4 Å². The van der Waals surface area contributed by atoms with Crippen LogP contribution in [-0.2, 0) is 19.1 Å². The van der Waals surface area contributed by atoms with E-state index in [4.69, 9.17) is 4.74 Å². The lowest BCUT2D eigenvalue weighted by atomic mass is 10.4. The van der Waals surface area contributed by atoms with E-state index >= 15 is 0 Å². The maximum absolute atomic E-state index is 10.5. The Bertz CT molecular complexity index is 169. The van der Waals surface area contributed by atoms with Gasteiger partial charge in [0, 0.05) is 19.6 Å². The number of hydrogen-bond acceptors (Lipinski definition) is 5. The van der Waals surface area contributed by atoms with Gasteiger partial charge in [0.25, 0.3) is 0 Å². The van der Waals surface area contributed by atoms with Crippen LogP contribution in [0.3, 0.4) is 0 Å². The SMILES string of the molecule is CC(=O)OCC(CS)OC(C)=O. The Labute approximate surface area is 76.6 Å². The van der Waals surface area contributed by atoms with E-state index in [0.29, 0.717) is 5.75 Å². The van der Waals surface area contributed by atoms with Crippen molar-refractivity contribution in [2.24, 2.45) is 0 Å². The molecule has 0 rings (SSSR count). The molecule has 12 heavy (non-hydrogen) atoms. The minimum absolute atomic E-state index is 0.0679. The van der Waals surface area contributed by atoms with Crippen LogP contribution in [0.4, 0.5) is 0 Å². The molecule has 0 aromatic heterocycles. The van der Waals surface area contributed by atoms with E-state index in [1.165, 1.54) is 13.8 Å². The highest BCUT2D eigenvalue weighted by molar-refractivity contribution is 7.80. The molecule has 0 spiro atoms. The molecule has 1 unspecified atom stereocenters. The fraction of sp³-hybridized carbons (Fsp3) is 0.714. The molecule has 0 N–H and O–H groups in total. The van der Waals surface area contributed by atoms with Crippen molar-refractivity contribution >= 4 is 24.6 Å². The van der Waals surface area contributed by atoms with E-state index in [1.54, 1.807) is 0 Å². The first-order chi connectivity index (χ1) is 5.56. The van der Waals surface area contributed by atoms with Crippen molar-refractivity contribution in [3.63, 3.8) is 0 Å². The van der Waals surface area contributed by atoms with Crippen molar-refractivity contribution in [1.29, 1.82) is 0 Å². The van der Waals surface area contributed by atoms with E-state index in [1.807, 2.05) is 0 Å². The molecule has 0 heterocycles. The van der Waals surface area contributed by atoms with Gasteiger partial charge in [-0.05, 0) is 0 Å². The first-order valence-corrected chi connectivity index (χ1v) is 4.11. The van der Waals surface area contributed by atoms with Crippen LogP contribution in [0, 0.1) is 0 Å². The van der Waals surface area contributed by atoms with Crippen molar-refractivity contribution in [1.82, 2.24) is 0 Å². The van der Waals surface area contributed by atoms with Gasteiger partial charge in [0.15, 0.2) is 0 Å². The Morgan fingerprint density at radius 1 is 1.33 bits per heavy atom. The number of carbonyl (C=O) groups excluding carboxylic acids is 2. The summed E-state index contributed by atoms with van der Waals surface area (Å²) >= 11 is 3.92. The summed E-state index contributed by atoms with van der Waals surface area (Å²) in [6, 6.07) is 0. The van der Waals surface area contributed by atoms with Gasteiger partial charge in [-0.15, -0.1) is 0 Å². The molecular formula is C7H12O4S. The summed E-state index contributed by atoms with van der Waals surface area (Å²) in [5.41, 5.74) is 0. The standard InChI is InChI=1S/C7H12O4S/c1-5(8)10-3-7(4-12)11-6(2)9/h7,12H,3-4H2,1-2H3. The molecule has 0 aromatic rings. The summed E-state index contributed by atoms with van der Waals surface area (Å²) in [5.74, 6) is -0.456. The van der Waals surface area contributed by atoms with Crippen molar-refractivity contribution in [2.75, 3.05) is 12.4 Å². The zero-order chi connectivity index (χ0) is 9.56. The number of esters is 2. The minimum Gasteiger partial charge on any atom is -0.462 e. The molecule has 0 aliphatic heterocycles. The average molecular weight is 192 g/mol. The average Bonchev–Trinajstić information content (AvgIpc) is 1.97. The Balaban J connectivity index is 3.67. The molecule has 0 aliphatic carbocycles. The highest BCUT2D eigenvalue weighted by Gasteiger charge is 2.10. The van der Waals surface area contributed by atoms with Crippen molar-refractivity contribution < 1.29 is 19.1 Å². The lowest BCUT2D eigenvalue weighted by Gasteiger charge is -2.13. The second-order valence-electron chi connectivity index (χ2n) is 2.22. The third kappa shape index (κ3) is 6.03. The van der Waals surface area contributed by atoms with Gasteiger partial charge in [0.2, 0.25) is 0 Å². The van der Waals surface area contributed by atoms with Gasteiger partial charge in [-0.25, -0.2) is 0 Å². The van der Waals surface area contributed by atoms with Crippen molar-refractivity contribution in [3.05, 3.63) is 0 Å². The Hall–Kier alpha value is -0.710. The van der Waals surface area contributed by atoms with Crippen LogP contribution >= 0.6 is 12.6 Å². The summed E-state index contributed by atoms with van der Waals surface area (Å²) in [6.07, 6.45) is -0.449. The molecule has 0 aliphatic rings. The minimum atomic E-state index is -0.449. The van der Waals surface area contributed by atoms with E-state index < -0.39 is 18.0 Å². The van der Waals surface area contributed by atoms with Crippen LogP contribution in [0.1, 0.15) is 13.8 Å². The smallest absolute Gasteiger partial charge is 0.303 e. The fourth-order valence-corrected chi connectivity index (χ4v) is 0.749. The Kier molecular flexibility index (Phi) is 5.53. The summed E-state index contributed by atoms with van der Waals surface area (Å²) in [4.78, 5) is 20.8. The van der Waals surface area contributed by atoms with Crippen LogP contribution in [0.25, 0.3) is 0 Å². The predicted octanol–water partition coefficient (Wildman–Crippen LogP) is 0.411. The highest BCUT2D eigenvalue weighted by Crippen LogP contribution is 1.97. The van der Waals surface area contributed by atoms with E-state index in [0.717, 1.165) is 0 Å². The maximum Gasteiger partial charge on any atom is 0.303 e. The maximum atomic E-state index is 10.5. The molecule has 5 heteroatoms. The molecule has 0 aromatic carbocycles. The molecule has 0 saturated heterocycles. The monoisotopic (exact) mass is 192 g/mol. The van der Waals surface area contributed by atoms with Gasteiger partial charge in [-0.3, -0.25) is 9.59 Å². The lowest BCUT2D eigenvalue weighted by molar-refractivity contribution is -0.154. The summed E-state index contributed by atoms with van der Waals surface area (Å²) in [7, 11) is 0. The number of ether oxygens (including phenoxy) is 2. The highest BCUT2D eigenvalue weighted by atomic mass is 32.1. The Morgan fingerprint density at radius 2 is 1.92 bits per heavy atom.